The van der Waals surface area contributed by atoms with Gasteiger partial charge in [-0.15, -0.1) is 0 Å². The fraction of sp³-hybridized carbons (Fsp3) is 0.529. The summed E-state index contributed by atoms with van der Waals surface area (Å²) in [7, 11) is -13.8. The molecular formula is C68H106N8O35P8. The lowest BCUT2D eigenvalue weighted by atomic mass is 10.0. The topological polar surface area (TPSA) is 510 Å². The molecule has 0 atom stereocenters. The van der Waals surface area contributed by atoms with Crippen LogP contribution in [0.15, 0.2) is 78.9 Å². The number of hydrogen-bond donors (Lipinski definition) is 4. The molecule has 0 saturated heterocycles. The van der Waals surface area contributed by atoms with Gasteiger partial charge in [-0.2, -0.15) is 0 Å². The van der Waals surface area contributed by atoms with E-state index in [1.54, 1.807) is 24.3 Å². The zero-order valence-electron chi connectivity index (χ0n) is 69.1. The number of carbonyl (C=O) groups is 8. The smallest absolute Gasteiger partial charge is 0.344 e. The molecule has 0 aliphatic heterocycles. The number of rotatable bonds is 61. The van der Waals surface area contributed by atoms with Crippen molar-refractivity contribution in [2.75, 3.05) is 216 Å². The van der Waals surface area contributed by atoms with Crippen LogP contribution in [0.3, 0.4) is 0 Å². The summed E-state index contributed by atoms with van der Waals surface area (Å²) < 4.78 is 206. The van der Waals surface area contributed by atoms with Crippen LogP contribution >= 0.6 is 60.8 Å². The van der Waals surface area contributed by atoms with Gasteiger partial charge in [0.05, 0.1) is 52.4 Å². The molecule has 51 heteroatoms. The van der Waals surface area contributed by atoms with Crippen molar-refractivity contribution in [1.82, 2.24) is 40.9 Å². The van der Waals surface area contributed by atoms with Crippen molar-refractivity contribution >= 4 is 108 Å². The number of aryl methyl sites for hydroxylation is 1. The van der Waals surface area contributed by atoms with Gasteiger partial charge in [0.15, 0.2) is 23.1 Å². The van der Waals surface area contributed by atoms with Crippen molar-refractivity contribution in [2.24, 2.45) is 0 Å². The minimum atomic E-state index is -3.93. The molecule has 43 nitrogen and oxygen atoms in total. The number of Topliss-reactive ketones (excluding diaryl/α,β-unsaturated/α-hetero) is 4. The Morgan fingerprint density at radius 3 is 0.773 bits per heavy atom. The van der Waals surface area contributed by atoms with E-state index < -0.39 is 223 Å². The molecule has 0 spiro atoms. The Bertz CT molecular complexity index is 3880. The van der Waals surface area contributed by atoms with Crippen molar-refractivity contribution in [3.63, 3.8) is 0 Å². The van der Waals surface area contributed by atoms with Gasteiger partial charge in [-0.3, -0.25) is 94.5 Å². The summed E-state index contributed by atoms with van der Waals surface area (Å²) >= 11 is 0. The summed E-state index contributed by atoms with van der Waals surface area (Å²) in [6.07, 6.45) is -4.64. The number of benzene rings is 4. The van der Waals surface area contributed by atoms with Crippen molar-refractivity contribution in [2.45, 2.75) is 26.7 Å². The Morgan fingerprint density at radius 2 is 0.513 bits per heavy atom. The molecule has 0 aliphatic rings. The van der Waals surface area contributed by atoms with Crippen LogP contribution in [-0.2, 0) is 148 Å². The number of ether oxygens (including phenoxy) is 3. The quantitative estimate of drug-likeness (QED) is 0.0237. The zero-order valence-corrected chi connectivity index (χ0v) is 76.3. The molecule has 0 fully saturated rings. The third-order valence-corrected chi connectivity index (χ3v) is 32.0. The largest absolute Gasteiger partial charge is 0.489 e. The molecule has 4 amide bonds. The number of nitrogens with zero attached hydrogens (tertiary/aromatic N) is 4. The molecule has 668 valence electrons. The van der Waals surface area contributed by atoms with Crippen LogP contribution < -0.4 is 35.5 Å². The normalized spacial score (nSPS) is 12.6. The van der Waals surface area contributed by atoms with Crippen LogP contribution in [0.25, 0.3) is 0 Å². The Morgan fingerprint density at radius 1 is 0.277 bits per heavy atom. The van der Waals surface area contributed by atoms with Crippen molar-refractivity contribution in [3.8, 4) is 17.2 Å². The molecule has 0 radical (unpaired) electrons. The number of hydrogen-bond acceptors (Lipinski definition) is 39. The highest BCUT2D eigenvalue weighted by Crippen LogP contribution is 2.55. The van der Waals surface area contributed by atoms with Gasteiger partial charge in [0.25, 0.3) is 11.8 Å². The van der Waals surface area contributed by atoms with Gasteiger partial charge in [-0.1, -0.05) is 17.7 Å². The average molecular weight is 1840 g/mol. The Labute approximate surface area is 690 Å². The third-order valence-electron chi connectivity index (χ3n) is 17.1. The summed E-state index contributed by atoms with van der Waals surface area (Å²) in [6, 6.07) is 19.3. The lowest BCUT2D eigenvalue weighted by Gasteiger charge is -2.27. The minimum Gasteiger partial charge on any atom is -0.489 e. The highest BCUT2D eigenvalue weighted by molar-refractivity contribution is 7.56. The maximum Gasteiger partial charge on any atom is 0.344 e. The molecule has 0 aliphatic carbocycles. The standard InChI is InChI=1S/C68H106N8O35P8/c1-50-18-20-60(21-19-50)109-41-53-26-61(110-39-51-22-54(63(79)33-69-65(81)37-75(46-116(89,101-10)102-11)47-117(90,103-12)104-13)28-56(24-51)67(83)71-31-58(77)35-73(42-112(85,93-2)94-3)43-113(86,95-4)96-5)30-62(27-53)111-40-52-23-55(64(80)34-70-66(82)38-76(48-118(91,105-14)106-15)49-119(92,107-16)108-17)29-57(25-52)68(84)72-32-59(78)36-74(44-114(87,97-6)98-7)45-115(88,99-8)100-9/h18-30H,31-49H2,1-17H3,(H,69,81)(H,70,82)(H,71,83)(H,72,84). The van der Waals surface area contributed by atoms with Crippen LogP contribution in [0.4, 0.5) is 0 Å². The molecular weight excluding hydrogens is 1740 g/mol. The van der Waals surface area contributed by atoms with Crippen molar-refractivity contribution < 1.29 is 161 Å². The van der Waals surface area contributed by atoms with E-state index >= 15 is 0 Å². The fourth-order valence-corrected chi connectivity index (χ4v) is 19.7. The molecule has 0 heterocycles. The van der Waals surface area contributed by atoms with Gasteiger partial charge in [-0.25, -0.2) is 0 Å². The minimum absolute atomic E-state index is 0.0660. The molecule has 0 bridgehead atoms. The fourth-order valence-electron chi connectivity index (χ4n) is 10.5. The summed E-state index contributed by atoms with van der Waals surface area (Å²) in [5, 5.41) is 9.89. The highest BCUT2D eigenvalue weighted by Gasteiger charge is 2.38. The monoisotopic (exact) mass is 1840 g/mol. The Hall–Kier alpha value is -6.12. The van der Waals surface area contributed by atoms with E-state index in [1.807, 2.05) is 19.1 Å². The summed E-state index contributed by atoms with van der Waals surface area (Å²) in [5.74, 6) is -6.05. The maximum atomic E-state index is 14.3. The second-order valence-corrected chi connectivity index (χ2v) is 43.3. The number of ketones is 4. The van der Waals surface area contributed by atoms with Gasteiger partial charge < -0.3 is 108 Å². The number of carbonyl (C=O) groups excluding carboxylic acids is 8. The average Bonchev–Trinajstić information content (AvgIpc) is 0.824. The van der Waals surface area contributed by atoms with Crippen LogP contribution in [0.1, 0.15) is 63.7 Å². The summed E-state index contributed by atoms with van der Waals surface area (Å²) in [6.45, 7) is -4.59. The molecule has 4 N–H and O–H groups in total. The van der Waals surface area contributed by atoms with Gasteiger partial charge in [0, 0.05) is 142 Å². The van der Waals surface area contributed by atoms with Crippen LogP contribution in [-0.4, -0.2) is 283 Å². The van der Waals surface area contributed by atoms with E-state index in [1.165, 1.54) is 30.3 Å². The van der Waals surface area contributed by atoms with E-state index in [4.69, 9.17) is 86.6 Å². The van der Waals surface area contributed by atoms with E-state index in [2.05, 4.69) is 21.3 Å². The predicted octanol–water partition coefficient (Wildman–Crippen LogP) is 8.68. The van der Waals surface area contributed by atoms with E-state index in [9.17, 15) is 74.9 Å². The van der Waals surface area contributed by atoms with Gasteiger partial charge >= 0.3 is 60.8 Å². The van der Waals surface area contributed by atoms with Crippen molar-refractivity contribution in [1.29, 1.82) is 0 Å². The van der Waals surface area contributed by atoms with Gasteiger partial charge in [0.1, 0.15) is 87.4 Å². The number of amides is 4. The molecule has 0 saturated carbocycles. The maximum absolute atomic E-state index is 14.3. The lowest BCUT2D eigenvalue weighted by Crippen LogP contribution is -2.40. The second-order valence-electron chi connectivity index (χ2n) is 25.4. The van der Waals surface area contributed by atoms with Crippen LogP contribution in [0.2, 0.25) is 0 Å². The van der Waals surface area contributed by atoms with Gasteiger partial charge in [-0.05, 0) is 84.3 Å². The Balaban J connectivity index is 1.84. The molecule has 119 heavy (non-hydrogen) atoms. The SMILES string of the molecule is COP(=O)(CN(CC(=O)CNC(=O)c1cc(COc2cc(COc3ccc(C)cc3)cc(OCc3cc(C(=O)CNC(=O)CN(CP(=O)(OC)OC)CP(=O)(OC)OC)cc(C(=O)NCC(=O)CN(CP(=O)(OC)OC)CP(=O)(OC)OC)c3)c2)cc(C(=O)CNC(=O)CN(CP(=O)(OC)OC)CP(=O)(OC)OC)c1)CP(=O)(OC)OC)OC. The molecule has 4 rings (SSSR count). The molecule has 4 aromatic rings. The molecule has 4 aromatic carbocycles. The van der Waals surface area contributed by atoms with Gasteiger partial charge in [0.2, 0.25) is 11.8 Å². The predicted molar refractivity (Wildman–Crippen MR) is 432 cm³/mol. The molecule has 0 unspecified atom stereocenters. The van der Waals surface area contributed by atoms with Crippen molar-refractivity contribution in [3.05, 3.63) is 123 Å². The summed E-state index contributed by atoms with van der Waals surface area (Å²) in [5.41, 5.74) is 0.758. The second kappa shape index (κ2) is 50.0. The summed E-state index contributed by atoms with van der Waals surface area (Å²) in [4.78, 5) is 116. The van der Waals surface area contributed by atoms with E-state index in [0.717, 1.165) is 151 Å². The zero-order chi connectivity index (χ0) is 89.2. The first-order valence-corrected chi connectivity index (χ1v) is 49.0. The first-order valence-electron chi connectivity index (χ1n) is 35.2. The third kappa shape index (κ3) is 35.6. The first-order chi connectivity index (χ1) is 56.1. The van der Waals surface area contributed by atoms with Crippen LogP contribution in [0, 0.1) is 6.92 Å². The van der Waals surface area contributed by atoms with E-state index in [0.29, 0.717) is 11.3 Å². The molecule has 0 aromatic heterocycles. The number of nitrogens with one attached hydrogen (secondary N) is 4. The van der Waals surface area contributed by atoms with Crippen LogP contribution in [0.5, 0.6) is 17.2 Å². The first kappa shape index (κ1) is 105. The van der Waals surface area contributed by atoms with E-state index in [-0.39, 0.29) is 51.5 Å². The Kier molecular flexibility index (Phi) is 44.2. The lowest BCUT2D eigenvalue weighted by molar-refractivity contribution is -0.122. The highest BCUT2D eigenvalue weighted by atomic mass is 31.2.